The van der Waals surface area contributed by atoms with Crippen LogP contribution in [0.2, 0.25) is 5.02 Å². The lowest BCUT2D eigenvalue weighted by Crippen LogP contribution is -2.40. The van der Waals surface area contributed by atoms with Gasteiger partial charge >= 0.3 is 0 Å². The first-order chi connectivity index (χ1) is 12.9. The van der Waals surface area contributed by atoms with Crippen molar-refractivity contribution >= 4 is 27.5 Å². The molecule has 0 bridgehead atoms. The lowest BCUT2D eigenvalue weighted by atomic mass is 10.2. The highest BCUT2D eigenvalue weighted by Gasteiger charge is 2.29. The molecule has 2 aromatic carbocycles. The van der Waals surface area contributed by atoms with Gasteiger partial charge < -0.3 is 10.1 Å². The molecule has 0 aliphatic carbocycles. The fourth-order valence-electron chi connectivity index (χ4n) is 2.69. The summed E-state index contributed by atoms with van der Waals surface area (Å²) in [4.78, 5) is 12.3. The lowest BCUT2D eigenvalue weighted by molar-refractivity contribution is 0.0730. The minimum absolute atomic E-state index is 0.0142. The van der Waals surface area contributed by atoms with Gasteiger partial charge in [0.25, 0.3) is 5.91 Å². The number of amides is 1. The largest absolute Gasteiger partial charge is 0.379 e. The van der Waals surface area contributed by atoms with Crippen molar-refractivity contribution in [2.75, 3.05) is 26.3 Å². The Labute approximate surface area is 161 Å². The second-order valence-electron chi connectivity index (χ2n) is 5.94. The van der Waals surface area contributed by atoms with Gasteiger partial charge in [-0.3, -0.25) is 4.79 Å². The van der Waals surface area contributed by atoms with Gasteiger partial charge in [0.2, 0.25) is 10.0 Å². The normalized spacial score (nSPS) is 15.5. The highest BCUT2D eigenvalue weighted by atomic mass is 35.5. The van der Waals surface area contributed by atoms with E-state index in [1.54, 1.807) is 18.2 Å². The smallest absolute Gasteiger partial charge is 0.251 e. The maximum Gasteiger partial charge on any atom is 0.251 e. The van der Waals surface area contributed by atoms with Crippen molar-refractivity contribution in [3.05, 3.63) is 64.4 Å². The zero-order valence-electron chi connectivity index (χ0n) is 14.3. The van der Waals surface area contributed by atoms with Crippen molar-refractivity contribution < 1.29 is 22.3 Å². The molecule has 144 valence electrons. The Kier molecular flexibility index (Phi) is 6.11. The predicted octanol–water partition coefficient (Wildman–Crippen LogP) is 2.43. The topological polar surface area (TPSA) is 75.7 Å². The first kappa shape index (κ1) is 19.8. The molecule has 1 aliphatic heterocycles. The number of hydrogen-bond donors (Lipinski definition) is 1. The minimum Gasteiger partial charge on any atom is -0.379 e. The average molecular weight is 413 g/mol. The molecular formula is C18H18ClFN2O4S. The van der Waals surface area contributed by atoms with Gasteiger partial charge in [-0.05, 0) is 24.3 Å². The summed E-state index contributed by atoms with van der Waals surface area (Å²) >= 11 is 6.08. The van der Waals surface area contributed by atoms with Gasteiger partial charge in [-0.15, -0.1) is 0 Å². The maximum absolute atomic E-state index is 13.7. The zero-order chi connectivity index (χ0) is 19.4. The van der Waals surface area contributed by atoms with E-state index in [1.807, 2.05) is 0 Å². The Morgan fingerprint density at radius 3 is 2.59 bits per heavy atom. The van der Waals surface area contributed by atoms with E-state index in [-0.39, 0.29) is 35.1 Å². The molecule has 0 atom stereocenters. The van der Waals surface area contributed by atoms with Crippen molar-refractivity contribution in [2.24, 2.45) is 0 Å². The van der Waals surface area contributed by atoms with Crippen molar-refractivity contribution in [3.8, 4) is 0 Å². The fourth-order valence-corrected chi connectivity index (χ4v) is 4.60. The Balaban J connectivity index is 1.80. The number of morpholine rings is 1. The molecule has 1 saturated heterocycles. The molecule has 2 aromatic rings. The van der Waals surface area contributed by atoms with Gasteiger partial charge in [-0.1, -0.05) is 29.8 Å². The predicted molar refractivity (Wildman–Crippen MR) is 98.6 cm³/mol. The van der Waals surface area contributed by atoms with Crippen LogP contribution >= 0.6 is 11.6 Å². The number of nitrogens with zero attached hydrogens (tertiary/aromatic N) is 1. The van der Waals surface area contributed by atoms with Gasteiger partial charge in [0, 0.05) is 30.8 Å². The van der Waals surface area contributed by atoms with Gasteiger partial charge in [0.15, 0.2) is 0 Å². The zero-order valence-corrected chi connectivity index (χ0v) is 15.9. The number of benzene rings is 2. The van der Waals surface area contributed by atoms with Crippen LogP contribution in [0.5, 0.6) is 0 Å². The maximum atomic E-state index is 13.7. The number of sulfonamides is 1. The molecule has 0 spiro atoms. The van der Waals surface area contributed by atoms with Crippen LogP contribution in [0.4, 0.5) is 4.39 Å². The van der Waals surface area contributed by atoms with Crippen LogP contribution in [0.1, 0.15) is 15.9 Å². The number of hydrogen-bond acceptors (Lipinski definition) is 4. The van der Waals surface area contributed by atoms with Crippen molar-refractivity contribution in [2.45, 2.75) is 11.4 Å². The third-order valence-electron chi connectivity index (χ3n) is 4.18. The summed E-state index contributed by atoms with van der Waals surface area (Å²) in [5.74, 6) is -0.946. The summed E-state index contributed by atoms with van der Waals surface area (Å²) in [6.07, 6.45) is 0. The molecule has 27 heavy (non-hydrogen) atoms. The SMILES string of the molecule is O=C(NCc1ccccc1F)c1ccc(Cl)c(S(=O)(=O)N2CCOCC2)c1. The summed E-state index contributed by atoms with van der Waals surface area (Å²) < 4.78 is 45.7. The van der Waals surface area contributed by atoms with E-state index < -0.39 is 21.7 Å². The molecule has 1 amide bonds. The summed E-state index contributed by atoms with van der Waals surface area (Å²) in [6.45, 7) is 1.05. The lowest BCUT2D eigenvalue weighted by Gasteiger charge is -2.26. The first-order valence-corrected chi connectivity index (χ1v) is 10.1. The Bertz CT molecular complexity index is 946. The second-order valence-corrected chi connectivity index (χ2v) is 8.25. The molecule has 1 N–H and O–H groups in total. The number of halogens is 2. The van der Waals surface area contributed by atoms with E-state index in [0.717, 1.165) is 0 Å². The molecule has 1 aliphatic rings. The number of carbonyl (C=O) groups is 1. The number of carbonyl (C=O) groups excluding carboxylic acids is 1. The molecule has 0 unspecified atom stereocenters. The third kappa shape index (κ3) is 4.47. The van der Waals surface area contributed by atoms with E-state index in [4.69, 9.17) is 16.3 Å². The quantitative estimate of drug-likeness (QED) is 0.818. The Morgan fingerprint density at radius 1 is 1.19 bits per heavy atom. The van der Waals surface area contributed by atoms with Crippen LogP contribution in [0.25, 0.3) is 0 Å². The fraction of sp³-hybridized carbons (Fsp3) is 0.278. The molecule has 1 fully saturated rings. The van der Waals surface area contributed by atoms with Gasteiger partial charge in [-0.25, -0.2) is 12.8 Å². The van der Waals surface area contributed by atoms with E-state index in [1.165, 1.54) is 28.6 Å². The van der Waals surface area contributed by atoms with Crippen LogP contribution in [-0.2, 0) is 21.3 Å². The van der Waals surface area contributed by atoms with Crippen LogP contribution in [0.15, 0.2) is 47.4 Å². The van der Waals surface area contributed by atoms with Crippen molar-refractivity contribution in [1.82, 2.24) is 9.62 Å². The minimum atomic E-state index is -3.84. The van der Waals surface area contributed by atoms with Crippen LogP contribution in [0, 0.1) is 5.82 Å². The summed E-state index contributed by atoms with van der Waals surface area (Å²) in [7, 11) is -3.84. The first-order valence-electron chi connectivity index (χ1n) is 8.28. The highest BCUT2D eigenvalue weighted by molar-refractivity contribution is 7.89. The molecule has 3 rings (SSSR count). The number of rotatable bonds is 5. The second kappa shape index (κ2) is 8.35. The van der Waals surface area contributed by atoms with Gasteiger partial charge in [0.05, 0.1) is 18.2 Å². The monoisotopic (exact) mass is 412 g/mol. The van der Waals surface area contributed by atoms with Crippen molar-refractivity contribution in [3.63, 3.8) is 0 Å². The van der Waals surface area contributed by atoms with E-state index in [9.17, 15) is 17.6 Å². The summed E-state index contributed by atoms with van der Waals surface area (Å²) in [5, 5.41) is 2.62. The summed E-state index contributed by atoms with van der Waals surface area (Å²) in [6, 6.07) is 10.1. The average Bonchev–Trinajstić information content (AvgIpc) is 2.68. The molecule has 1 heterocycles. The Morgan fingerprint density at radius 2 is 1.89 bits per heavy atom. The molecule has 9 heteroatoms. The van der Waals surface area contributed by atoms with Gasteiger partial charge in [0.1, 0.15) is 10.7 Å². The third-order valence-corrected chi connectivity index (χ3v) is 6.56. The highest BCUT2D eigenvalue weighted by Crippen LogP contribution is 2.26. The van der Waals surface area contributed by atoms with Crippen molar-refractivity contribution in [1.29, 1.82) is 0 Å². The van der Waals surface area contributed by atoms with Crippen LogP contribution in [-0.4, -0.2) is 44.9 Å². The molecule has 0 radical (unpaired) electrons. The van der Waals surface area contributed by atoms with E-state index in [2.05, 4.69) is 5.32 Å². The standard InChI is InChI=1S/C18H18ClFN2O4S/c19-15-6-5-13(18(23)21-12-14-3-1-2-4-16(14)20)11-17(15)27(24,25)22-7-9-26-10-8-22/h1-6,11H,7-10,12H2,(H,21,23). The number of ether oxygens (including phenoxy) is 1. The molecular weight excluding hydrogens is 395 g/mol. The van der Waals surface area contributed by atoms with Crippen LogP contribution < -0.4 is 5.32 Å². The van der Waals surface area contributed by atoms with Crippen LogP contribution in [0.3, 0.4) is 0 Å². The number of nitrogens with one attached hydrogen (secondary N) is 1. The summed E-state index contributed by atoms with van der Waals surface area (Å²) in [5.41, 5.74) is 0.462. The Hall–Kier alpha value is -2.00. The molecule has 0 aromatic heterocycles. The molecule has 6 nitrogen and oxygen atoms in total. The van der Waals surface area contributed by atoms with Gasteiger partial charge in [-0.2, -0.15) is 4.31 Å². The van der Waals surface area contributed by atoms with E-state index >= 15 is 0 Å². The van der Waals surface area contributed by atoms with E-state index in [0.29, 0.717) is 18.8 Å². The molecule has 0 saturated carbocycles.